The summed E-state index contributed by atoms with van der Waals surface area (Å²) in [5, 5.41) is 32.5. The van der Waals surface area contributed by atoms with Crippen molar-refractivity contribution in [2.75, 3.05) is 23.7 Å². The van der Waals surface area contributed by atoms with Crippen LogP contribution in [0.1, 0.15) is 12.5 Å². The largest absolute Gasteiger partial charge is 0.497 e. The molecule has 0 aliphatic heterocycles. The zero-order valence-corrected chi connectivity index (χ0v) is 21.0. The lowest BCUT2D eigenvalue weighted by atomic mass is 10.2. The second kappa shape index (κ2) is 10.7. The molecular weight excluding hydrogens is 496 g/mol. The Bertz CT molecular complexity index is 1540. The number of nitrogen functional groups attached to an aromatic ring is 1. The fraction of sp³-hybridized carbons (Fsp3) is 0.160. The number of methoxy groups -OCH3 is 1. The lowest BCUT2D eigenvalue weighted by molar-refractivity contribution is 0.282. The van der Waals surface area contributed by atoms with Crippen LogP contribution in [0.3, 0.4) is 0 Å². The van der Waals surface area contributed by atoms with Crippen LogP contribution in [0.15, 0.2) is 87.9 Å². The van der Waals surface area contributed by atoms with Gasteiger partial charge < -0.3 is 20.7 Å². The molecule has 0 saturated heterocycles. The minimum absolute atomic E-state index is 0.0256. The number of benzene rings is 3. The van der Waals surface area contributed by atoms with Crippen LogP contribution < -0.4 is 14.8 Å². The van der Waals surface area contributed by atoms with E-state index < -0.39 is 10.0 Å². The first-order valence-electron chi connectivity index (χ1n) is 11.2. The maximum Gasteiger partial charge on any atom is 0.266 e. The van der Waals surface area contributed by atoms with Crippen LogP contribution in [0.4, 0.5) is 22.9 Å². The first-order valence-corrected chi connectivity index (χ1v) is 12.7. The molecule has 3 aromatic carbocycles. The van der Waals surface area contributed by atoms with E-state index in [1.54, 1.807) is 55.5 Å². The van der Waals surface area contributed by atoms with Gasteiger partial charge >= 0.3 is 0 Å². The highest BCUT2D eigenvalue weighted by Gasteiger charge is 2.27. The number of anilines is 2. The van der Waals surface area contributed by atoms with E-state index in [4.69, 9.17) is 10.5 Å². The Labute approximate surface area is 214 Å². The van der Waals surface area contributed by atoms with Gasteiger partial charge in [-0.3, -0.25) is 4.31 Å². The molecule has 11 nitrogen and oxygen atoms in total. The van der Waals surface area contributed by atoms with E-state index in [-0.39, 0.29) is 41.1 Å². The number of sulfonamides is 1. The van der Waals surface area contributed by atoms with Crippen LogP contribution in [0.25, 0.3) is 5.69 Å². The van der Waals surface area contributed by atoms with Gasteiger partial charge in [-0.2, -0.15) is 4.68 Å². The van der Waals surface area contributed by atoms with E-state index in [1.165, 1.54) is 34.3 Å². The summed E-state index contributed by atoms with van der Waals surface area (Å²) in [6.07, 6.45) is 0. The van der Waals surface area contributed by atoms with Crippen molar-refractivity contribution in [1.82, 2.24) is 9.78 Å². The molecule has 0 spiro atoms. The Morgan fingerprint density at radius 1 is 1.05 bits per heavy atom. The number of azo groups is 1. The number of rotatable bonds is 9. The number of aliphatic hydroxyl groups is 1. The molecule has 0 unspecified atom stereocenters. The molecule has 4 N–H and O–H groups in total. The average molecular weight is 523 g/mol. The summed E-state index contributed by atoms with van der Waals surface area (Å²) in [5.74, 6) is -0.0837. The molecule has 0 amide bonds. The van der Waals surface area contributed by atoms with Crippen LogP contribution in [0, 0.1) is 0 Å². The third kappa shape index (κ3) is 5.10. The van der Waals surface area contributed by atoms with Crippen LogP contribution in [-0.2, 0) is 16.6 Å². The predicted octanol–water partition coefficient (Wildman–Crippen LogP) is 4.29. The fourth-order valence-electron chi connectivity index (χ4n) is 3.71. The van der Waals surface area contributed by atoms with Crippen molar-refractivity contribution in [1.29, 1.82) is 0 Å². The summed E-state index contributed by atoms with van der Waals surface area (Å²) in [6.45, 7) is 1.59. The summed E-state index contributed by atoms with van der Waals surface area (Å²) in [4.78, 5) is -0.137. The van der Waals surface area contributed by atoms with Gasteiger partial charge in [-0.1, -0.05) is 30.3 Å². The summed E-state index contributed by atoms with van der Waals surface area (Å²) in [5.41, 5.74) is 7.36. The van der Waals surface area contributed by atoms with Crippen molar-refractivity contribution < 1.29 is 23.4 Å². The Morgan fingerprint density at radius 2 is 1.81 bits per heavy atom. The van der Waals surface area contributed by atoms with Gasteiger partial charge in [-0.05, 0) is 48.9 Å². The number of hydrogen-bond acceptors (Lipinski definition) is 9. The monoisotopic (exact) mass is 522 g/mol. The van der Waals surface area contributed by atoms with E-state index in [0.29, 0.717) is 22.7 Å². The molecule has 4 aromatic rings. The number of nitrogens with two attached hydrogens (primary N) is 1. The van der Waals surface area contributed by atoms with Gasteiger partial charge in [-0.25, -0.2) is 8.42 Å². The molecule has 12 heteroatoms. The number of aliphatic hydroxyl groups excluding tert-OH is 1. The van der Waals surface area contributed by atoms with Crippen molar-refractivity contribution in [3.05, 3.63) is 78.4 Å². The highest BCUT2D eigenvalue weighted by molar-refractivity contribution is 7.93. The molecule has 0 aliphatic carbocycles. The van der Waals surface area contributed by atoms with Crippen LogP contribution >= 0.6 is 0 Å². The normalized spacial score (nSPS) is 11.6. The van der Waals surface area contributed by atoms with Gasteiger partial charge in [0.25, 0.3) is 10.0 Å². The van der Waals surface area contributed by atoms with Crippen LogP contribution in [-0.4, -0.2) is 42.1 Å². The van der Waals surface area contributed by atoms with Gasteiger partial charge in [0.15, 0.2) is 11.5 Å². The van der Waals surface area contributed by atoms with Crippen molar-refractivity contribution in [2.24, 2.45) is 10.2 Å². The maximum atomic E-state index is 13.7. The molecule has 4 rings (SSSR count). The second-order valence-electron chi connectivity index (χ2n) is 7.84. The smallest absolute Gasteiger partial charge is 0.266 e. The van der Waals surface area contributed by atoms with Gasteiger partial charge in [0.2, 0.25) is 5.88 Å². The first-order chi connectivity index (χ1) is 17.8. The predicted molar refractivity (Wildman–Crippen MR) is 139 cm³/mol. The van der Waals surface area contributed by atoms with Crippen molar-refractivity contribution in [2.45, 2.75) is 18.4 Å². The van der Waals surface area contributed by atoms with E-state index in [2.05, 4.69) is 15.3 Å². The topological polar surface area (TPSA) is 156 Å². The highest BCUT2D eigenvalue weighted by atomic mass is 32.2. The molecule has 1 heterocycles. The number of hydrogen-bond donors (Lipinski definition) is 3. The van der Waals surface area contributed by atoms with Gasteiger partial charge in [0.1, 0.15) is 16.3 Å². The lowest BCUT2D eigenvalue weighted by Crippen LogP contribution is -2.31. The number of para-hydroxylation sites is 1. The Morgan fingerprint density at radius 3 is 2.49 bits per heavy atom. The Balaban J connectivity index is 1.79. The van der Waals surface area contributed by atoms with Crippen molar-refractivity contribution in [3.8, 4) is 17.3 Å². The molecule has 0 radical (unpaired) electrons. The molecular formula is C25H26N6O5S. The van der Waals surface area contributed by atoms with E-state index in [1.807, 2.05) is 6.07 Å². The lowest BCUT2D eigenvalue weighted by Gasteiger charge is -2.24. The summed E-state index contributed by atoms with van der Waals surface area (Å²) < 4.78 is 35.2. The van der Waals surface area contributed by atoms with E-state index in [0.717, 1.165) is 0 Å². The first kappa shape index (κ1) is 25.7. The van der Waals surface area contributed by atoms with Crippen LogP contribution in [0.5, 0.6) is 11.6 Å². The minimum atomic E-state index is -4.12. The standard InChI is InChI=1S/C25H26N6O5S/c1-3-30(19-11-7-8-17(14-19)16-32)37(34,35)22-13-12-20(36-2)15-21(22)27-28-23-24(26)29-31(25(23)33)18-9-5-4-6-10-18/h4-15,32-33H,3,16H2,1-2H3,(H2,26,29)/b28-27+. The maximum absolute atomic E-state index is 13.7. The van der Waals surface area contributed by atoms with Gasteiger partial charge in [-0.15, -0.1) is 15.3 Å². The molecule has 0 fully saturated rings. The van der Waals surface area contributed by atoms with E-state index >= 15 is 0 Å². The molecule has 192 valence electrons. The minimum Gasteiger partial charge on any atom is -0.497 e. The van der Waals surface area contributed by atoms with Gasteiger partial charge in [0, 0.05) is 12.6 Å². The number of aromatic hydroxyl groups is 1. The number of nitrogens with zero attached hydrogens (tertiary/aromatic N) is 5. The molecule has 0 atom stereocenters. The Hall–Kier alpha value is -4.42. The molecule has 1 aromatic heterocycles. The zero-order chi connectivity index (χ0) is 26.6. The van der Waals surface area contributed by atoms with Gasteiger partial charge in [0.05, 0.1) is 25.1 Å². The molecule has 0 saturated carbocycles. The van der Waals surface area contributed by atoms with Crippen LogP contribution in [0.2, 0.25) is 0 Å². The second-order valence-corrected chi connectivity index (χ2v) is 9.67. The quantitative estimate of drug-likeness (QED) is 0.277. The average Bonchev–Trinajstić information content (AvgIpc) is 3.20. The number of aromatic nitrogens is 2. The fourth-order valence-corrected chi connectivity index (χ4v) is 5.28. The zero-order valence-electron chi connectivity index (χ0n) is 20.2. The number of ether oxygens (including phenoxy) is 1. The van der Waals surface area contributed by atoms with Crippen molar-refractivity contribution >= 4 is 32.9 Å². The van der Waals surface area contributed by atoms with E-state index in [9.17, 15) is 18.6 Å². The third-order valence-corrected chi connectivity index (χ3v) is 7.47. The summed E-state index contributed by atoms with van der Waals surface area (Å²) in [6, 6.07) is 19.7. The summed E-state index contributed by atoms with van der Waals surface area (Å²) >= 11 is 0. The highest BCUT2D eigenvalue weighted by Crippen LogP contribution is 2.38. The third-order valence-electron chi connectivity index (χ3n) is 5.52. The van der Waals surface area contributed by atoms with Crippen molar-refractivity contribution in [3.63, 3.8) is 0 Å². The molecule has 0 bridgehead atoms. The molecule has 37 heavy (non-hydrogen) atoms. The SMILES string of the molecule is CCN(c1cccc(CO)c1)S(=O)(=O)c1ccc(OC)cc1/N=N/c1c(N)nn(-c2ccccc2)c1O. The Kier molecular flexibility index (Phi) is 7.41. The summed E-state index contributed by atoms with van der Waals surface area (Å²) in [7, 11) is -2.68. The molecule has 0 aliphatic rings.